The van der Waals surface area contributed by atoms with Crippen LogP contribution in [0.25, 0.3) is 0 Å². The SMILES string of the molecule is COc1cccc(C(=O)N2CCN3C[C@@](O)(c4cc(F)c(F)cc4F)OC[C@@H]3C2)c1Cl. The summed E-state index contributed by atoms with van der Waals surface area (Å²) in [6.07, 6.45) is 0. The number of carbonyl (C=O) groups excluding carboxylic acids is 1. The zero-order valence-electron chi connectivity index (χ0n) is 16.6. The van der Waals surface area contributed by atoms with Crippen LogP contribution in [-0.2, 0) is 10.5 Å². The molecule has 0 aliphatic carbocycles. The van der Waals surface area contributed by atoms with Crippen LogP contribution in [0.4, 0.5) is 13.2 Å². The monoisotopic (exact) mass is 456 g/mol. The Morgan fingerprint density at radius 2 is 1.97 bits per heavy atom. The summed E-state index contributed by atoms with van der Waals surface area (Å²) in [5.41, 5.74) is -0.155. The third-order valence-corrected chi connectivity index (χ3v) is 6.06. The first-order chi connectivity index (χ1) is 14.7. The average Bonchev–Trinajstić information content (AvgIpc) is 2.75. The van der Waals surface area contributed by atoms with E-state index in [9.17, 15) is 23.1 Å². The van der Waals surface area contributed by atoms with Gasteiger partial charge in [0, 0.05) is 25.7 Å². The third-order valence-electron chi connectivity index (χ3n) is 5.67. The lowest BCUT2D eigenvalue weighted by Gasteiger charge is -2.48. The van der Waals surface area contributed by atoms with Crippen LogP contribution < -0.4 is 4.74 Å². The molecule has 6 nitrogen and oxygen atoms in total. The molecule has 4 rings (SSSR count). The highest BCUT2D eigenvalue weighted by Crippen LogP contribution is 2.34. The molecule has 2 aromatic rings. The lowest BCUT2D eigenvalue weighted by molar-refractivity contribution is -0.267. The van der Waals surface area contributed by atoms with E-state index in [1.807, 2.05) is 4.90 Å². The van der Waals surface area contributed by atoms with E-state index in [2.05, 4.69) is 0 Å². The number of halogens is 4. The molecule has 2 fully saturated rings. The number of amides is 1. The van der Waals surface area contributed by atoms with Gasteiger partial charge in [-0.2, -0.15) is 0 Å². The summed E-state index contributed by atoms with van der Waals surface area (Å²) < 4.78 is 51.7. The fourth-order valence-electron chi connectivity index (χ4n) is 3.99. The number of benzene rings is 2. The number of carbonyl (C=O) groups is 1. The van der Waals surface area contributed by atoms with E-state index in [-0.39, 0.29) is 30.1 Å². The van der Waals surface area contributed by atoms with E-state index in [4.69, 9.17) is 21.1 Å². The Morgan fingerprint density at radius 3 is 2.71 bits per heavy atom. The maximum atomic E-state index is 14.2. The number of hydrogen-bond acceptors (Lipinski definition) is 5. The Bertz CT molecular complexity index is 1020. The van der Waals surface area contributed by atoms with Crippen LogP contribution in [0.1, 0.15) is 15.9 Å². The van der Waals surface area contributed by atoms with E-state index < -0.39 is 28.8 Å². The first-order valence-corrected chi connectivity index (χ1v) is 9.98. The van der Waals surface area contributed by atoms with Crippen molar-refractivity contribution in [3.63, 3.8) is 0 Å². The molecule has 0 spiro atoms. The molecular weight excluding hydrogens is 437 g/mol. The van der Waals surface area contributed by atoms with Gasteiger partial charge in [0.2, 0.25) is 5.79 Å². The quantitative estimate of drug-likeness (QED) is 0.720. The van der Waals surface area contributed by atoms with Crippen molar-refractivity contribution >= 4 is 17.5 Å². The molecule has 166 valence electrons. The topological polar surface area (TPSA) is 62.2 Å². The van der Waals surface area contributed by atoms with Gasteiger partial charge in [0.25, 0.3) is 5.91 Å². The zero-order chi connectivity index (χ0) is 22.3. The molecule has 0 unspecified atom stereocenters. The molecule has 2 aliphatic rings. The van der Waals surface area contributed by atoms with Crippen LogP contribution in [0.3, 0.4) is 0 Å². The Labute approximate surface area is 181 Å². The van der Waals surface area contributed by atoms with Crippen LogP contribution in [0.15, 0.2) is 30.3 Å². The summed E-state index contributed by atoms with van der Waals surface area (Å²) in [7, 11) is 1.46. The summed E-state index contributed by atoms with van der Waals surface area (Å²) in [4.78, 5) is 16.4. The molecule has 2 aliphatic heterocycles. The maximum Gasteiger partial charge on any atom is 0.255 e. The molecule has 31 heavy (non-hydrogen) atoms. The highest BCUT2D eigenvalue weighted by molar-refractivity contribution is 6.35. The summed E-state index contributed by atoms with van der Waals surface area (Å²) in [6.45, 7) is 0.809. The van der Waals surface area contributed by atoms with Crippen LogP contribution >= 0.6 is 11.6 Å². The van der Waals surface area contributed by atoms with Crippen molar-refractivity contribution in [3.05, 3.63) is 63.9 Å². The summed E-state index contributed by atoms with van der Waals surface area (Å²) in [5.74, 6) is -5.72. The largest absolute Gasteiger partial charge is 0.495 e. The number of hydrogen-bond donors (Lipinski definition) is 1. The number of aliphatic hydroxyl groups is 1. The van der Waals surface area contributed by atoms with Crippen molar-refractivity contribution < 1.29 is 32.5 Å². The normalized spacial score (nSPS) is 24.1. The van der Waals surface area contributed by atoms with E-state index >= 15 is 0 Å². The lowest BCUT2D eigenvalue weighted by Crippen LogP contribution is -2.63. The maximum absolute atomic E-state index is 14.2. The lowest BCUT2D eigenvalue weighted by atomic mass is 9.99. The zero-order valence-corrected chi connectivity index (χ0v) is 17.3. The minimum Gasteiger partial charge on any atom is -0.495 e. The molecule has 0 saturated carbocycles. The molecule has 0 aromatic heterocycles. The fraction of sp³-hybridized carbons (Fsp3) is 0.381. The summed E-state index contributed by atoms with van der Waals surface area (Å²) >= 11 is 6.27. The van der Waals surface area contributed by atoms with Crippen molar-refractivity contribution in [2.24, 2.45) is 0 Å². The van der Waals surface area contributed by atoms with Gasteiger partial charge in [-0.1, -0.05) is 17.7 Å². The minimum absolute atomic E-state index is 0.0371. The van der Waals surface area contributed by atoms with Crippen molar-refractivity contribution in [1.82, 2.24) is 9.80 Å². The molecule has 2 atom stereocenters. The number of rotatable bonds is 3. The summed E-state index contributed by atoms with van der Waals surface area (Å²) in [5, 5.41) is 11.0. The number of fused-ring (bicyclic) bond motifs is 1. The van der Waals surface area contributed by atoms with Crippen molar-refractivity contribution in [2.45, 2.75) is 11.8 Å². The first-order valence-electron chi connectivity index (χ1n) is 9.60. The van der Waals surface area contributed by atoms with E-state index in [1.165, 1.54) is 7.11 Å². The molecule has 2 saturated heterocycles. The Kier molecular flexibility index (Phi) is 5.87. The standard InChI is InChI=1S/C21H20ClF3N2O4/c1-30-18-4-2-3-13(19(18)22)20(28)26-5-6-27-11-21(29,31-10-12(27)9-26)14-7-16(24)17(25)8-15(14)23/h2-4,7-8,12,29H,5-6,9-11H2,1H3/t12-,21-/m0/s1. The highest BCUT2D eigenvalue weighted by Gasteiger charge is 2.45. The number of nitrogens with zero attached hydrogens (tertiary/aromatic N) is 2. The van der Waals surface area contributed by atoms with Gasteiger partial charge in [-0.15, -0.1) is 0 Å². The highest BCUT2D eigenvalue weighted by atomic mass is 35.5. The Hall–Kier alpha value is -2.33. The number of morpholine rings is 1. The van der Waals surface area contributed by atoms with Gasteiger partial charge < -0.3 is 19.5 Å². The van der Waals surface area contributed by atoms with Gasteiger partial charge in [0.05, 0.1) is 42.5 Å². The molecule has 10 heteroatoms. The van der Waals surface area contributed by atoms with E-state index in [0.29, 0.717) is 43.1 Å². The number of ether oxygens (including phenoxy) is 2. The smallest absolute Gasteiger partial charge is 0.255 e. The second-order valence-electron chi connectivity index (χ2n) is 7.54. The van der Waals surface area contributed by atoms with Crippen LogP contribution in [0.5, 0.6) is 5.75 Å². The van der Waals surface area contributed by atoms with Gasteiger partial charge in [0.1, 0.15) is 11.6 Å². The second-order valence-corrected chi connectivity index (χ2v) is 7.92. The predicted molar refractivity (Wildman–Crippen MR) is 105 cm³/mol. The predicted octanol–water partition coefficient (Wildman–Crippen LogP) is 2.77. The third kappa shape index (κ3) is 3.98. The molecule has 0 radical (unpaired) electrons. The van der Waals surface area contributed by atoms with Gasteiger partial charge in [-0.05, 0) is 18.2 Å². The first kappa shape index (κ1) is 21.9. The van der Waals surface area contributed by atoms with Gasteiger partial charge >= 0.3 is 0 Å². The van der Waals surface area contributed by atoms with Crippen molar-refractivity contribution in [3.8, 4) is 5.75 Å². The summed E-state index contributed by atoms with van der Waals surface area (Å²) in [6, 6.07) is 5.67. The van der Waals surface area contributed by atoms with Crippen LogP contribution in [0.2, 0.25) is 5.02 Å². The Balaban J connectivity index is 1.49. The van der Waals surface area contributed by atoms with Crippen LogP contribution in [0, 0.1) is 17.5 Å². The molecule has 2 aromatic carbocycles. The van der Waals surface area contributed by atoms with Gasteiger partial charge in [-0.25, -0.2) is 13.2 Å². The van der Waals surface area contributed by atoms with Crippen LogP contribution in [-0.4, -0.2) is 66.8 Å². The Morgan fingerprint density at radius 1 is 1.23 bits per heavy atom. The molecule has 2 heterocycles. The van der Waals surface area contributed by atoms with Crippen molar-refractivity contribution in [1.29, 1.82) is 0 Å². The van der Waals surface area contributed by atoms with Crippen molar-refractivity contribution in [2.75, 3.05) is 39.9 Å². The fourth-order valence-corrected chi connectivity index (χ4v) is 4.27. The molecule has 0 bridgehead atoms. The van der Waals surface area contributed by atoms with Gasteiger partial charge in [0.15, 0.2) is 11.6 Å². The van der Waals surface area contributed by atoms with E-state index in [1.54, 1.807) is 23.1 Å². The molecule has 1 N–H and O–H groups in total. The molecular formula is C21H20ClF3N2O4. The minimum atomic E-state index is -2.13. The second kappa shape index (κ2) is 8.31. The van der Waals surface area contributed by atoms with Gasteiger partial charge in [-0.3, -0.25) is 9.69 Å². The number of methoxy groups -OCH3 is 1. The molecule has 1 amide bonds. The average molecular weight is 457 g/mol. The number of piperazine rings is 1. The van der Waals surface area contributed by atoms with E-state index in [0.717, 1.165) is 0 Å².